The SMILES string of the molecule is C[C@H](O)C(=O)Nc1cccc(CN2C(=O)[C@](O)([C@H](C)/C=C/CC(=O)N(CCO)Cc3ccccc3)c3cc(Br)ccc32)c1. The van der Waals surface area contributed by atoms with Crippen LogP contribution in [0.4, 0.5) is 11.4 Å². The molecule has 9 nitrogen and oxygen atoms in total. The zero-order valence-electron chi connectivity index (χ0n) is 24.1. The molecule has 0 bridgehead atoms. The van der Waals surface area contributed by atoms with Crippen molar-refractivity contribution in [3.05, 3.63) is 106 Å². The molecule has 0 unspecified atom stereocenters. The third-order valence-electron chi connectivity index (χ3n) is 7.46. The standard InChI is InChI=1S/C33H36BrN3O6/c1-22(8-6-13-30(40)36(16-17-38)20-24-9-4-3-5-10-24)33(43)28-19-26(34)14-15-29(28)37(32(33)42)21-25-11-7-12-27(18-25)35-31(41)23(2)39/h3-12,14-15,18-19,22-23,38-39,43H,13,16-17,20-21H2,1-2H3,(H,35,41)/b8-6+/t22-,23+,33+/m1/s1. The number of nitrogens with zero attached hydrogens (tertiary/aromatic N) is 2. The molecular formula is C33H36BrN3O6. The summed E-state index contributed by atoms with van der Waals surface area (Å²) >= 11 is 3.46. The number of carbonyl (C=O) groups is 3. The van der Waals surface area contributed by atoms with Gasteiger partial charge in [0.15, 0.2) is 5.60 Å². The second kappa shape index (κ2) is 14.1. The molecule has 3 amide bonds. The van der Waals surface area contributed by atoms with Gasteiger partial charge in [0.1, 0.15) is 6.10 Å². The third-order valence-corrected chi connectivity index (χ3v) is 7.95. The van der Waals surface area contributed by atoms with Crippen LogP contribution in [0.25, 0.3) is 0 Å². The predicted molar refractivity (Wildman–Crippen MR) is 168 cm³/mol. The van der Waals surface area contributed by atoms with Gasteiger partial charge in [-0.05, 0) is 48.4 Å². The van der Waals surface area contributed by atoms with E-state index in [1.165, 1.54) is 11.8 Å². The fraction of sp³-hybridized carbons (Fsp3) is 0.303. The van der Waals surface area contributed by atoms with E-state index < -0.39 is 29.4 Å². The molecule has 0 radical (unpaired) electrons. The van der Waals surface area contributed by atoms with Crippen molar-refractivity contribution < 1.29 is 29.7 Å². The van der Waals surface area contributed by atoms with Gasteiger partial charge in [-0.3, -0.25) is 14.4 Å². The fourth-order valence-electron chi connectivity index (χ4n) is 5.11. The number of carbonyl (C=O) groups excluding carboxylic acids is 3. The Morgan fingerprint density at radius 1 is 1.05 bits per heavy atom. The Kier molecular flexibility index (Phi) is 10.5. The maximum atomic E-state index is 13.9. The van der Waals surface area contributed by atoms with Crippen LogP contribution in [0.1, 0.15) is 37.0 Å². The zero-order chi connectivity index (χ0) is 31.1. The number of rotatable bonds is 12. The number of nitrogens with one attached hydrogen (secondary N) is 1. The average Bonchev–Trinajstić information content (AvgIpc) is 3.19. The Balaban J connectivity index is 1.52. The Labute approximate surface area is 259 Å². The zero-order valence-corrected chi connectivity index (χ0v) is 25.7. The van der Waals surface area contributed by atoms with Gasteiger partial charge in [-0.15, -0.1) is 0 Å². The minimum Gasteiger partial charge on any atom is -0.395 e. The highest BCUT2D eigenvalue weighted by Gasteiger charge is 2.52. The monoisotopic (exact) mass is 649 g/mol. The molecule has 3 aromatic rings. The van der Waals surface area contributed by atoms with Crippen molar-refractivity contribution in [2.45, 2.75) is 45.1 Å². The Morgan fingerprint density at radius 2 is 1.77 bits per heavy atom. The van der Waals surface area contributed by atoms with Crippen molar-refractivity contribution in [2.75, 3.05) is 23.4 Å². The summed E-state index contributed by atoms with van der Waals surface area (Å²) < 4.78 is 0.703. The van der Waals surface area contributed by atoms with E-state index in [1.807, 2.05) is 36.4 Å². The lowest BCUT2D eigenvalue weighted by Gasteiger charge is -2.28. The minimum atomic E-state index is -1.88. The van der Waals surface area contributed by atoms with Gasteiger partial charge in [0.2, 0.25) is 5.91 Å². The molecule has 10 heteroatoms. The van der Waals surface area contributed by atoms with Crippen LogP contribution in [0.15, 0.2) is 89.4 Å². The largest absolute Gasteiger partial charge is 0.395 e. The van der Waals surface area contributed by atoms with Crippen molar-refractivity contribution in [2.24, 2.45) is 5.92 Å². The molecule has 226 valence electrons. The molecule has 43 heavy (non-hydrogen) atoms. The molecular weight excluding hydrogens is 614 g/mol. The van der Waals surface area contributed by atoms with Crippen LogP contribution >= 0.6 is 15.9 Å². The molecule has 0 fully saturated rings. The number of aliphatic hydroxyl groups is 3. The first-order valence-corrected chi connectivity index (χ1v) is 14.8. The van der Waals surface area contributed by atoms with Crippen LogP contribution in [-0.4, -0.2) is 57.2 Å². The topological polar surface area (TPSA) is 130 Å². The number of hydrogen-bond acceptors (Lipinski definition) is 6. The highest BCUT2D eigenvalue weighted by molar-refractivity contribution is 9.10. The van der Waals surface area contributed by atoms with E-state index in [1.54, 1.807) is 60.4 Å². The number of hydrogen-bond donors (Lipinski definition) is 4. The number of amides is 3. The fourth-order valence-corrected chi connectivity index (χ4v) is 5.47. The maximum Gasteiger partial charge on any atom is 0.264 e. The van der Waals surface area contributed by atoms with Gasteiger partial charge in [0, 0.05) is 41.2 Å². The molecule has 3 aromatic carbocycles. The highest BCUT2D eigenvalue weighted by atomic mass is 79.9. The van der Waals surface area contributed by atoms with Crippen LogP contribution in [0.3, 0.4) is 0 Å². The quantitative estimate of drug-likeness (QED) is 0.219. The normalized spacial score (nSPS) is 17.5. The van der Waals surface area contributed by atoms with E-state index in [0.29, 0.717) is 33.5 Å². The van der Waals surface area contributed by atoms with E-state index in [4.69, 9.17) is 0 Å². The summed E-state index contributed by atoms with van der Waals surface area (Å²) in [6.45, 7) is 3.64. The molecule has 3 atom stereocenters. The summed E-state index contributed by atoms with van der Waals surface area (Å²) in [5.41, 5.74) is 1.26. The Morgan fingerprint density at radius 3 is 2.47 bits per heavy atom. The van der Waals surface area contributed by atoms with Crippen molar-refractivity contribution >= 4 is 45.0 Å². The van der Waals surface area contributed by atoms with E-state index in [-0.39, 0.29) is 32.0 Å². The van der Waals surface area contributed by atoms with Crippen LogP contribution in [0, 0.1) is 5.92 Å². The van der Waals surface area contributed by atoms with Gasteiger partial charge < -0.3 is 30.4 Å². The second-order valence-corrected chi connectivity index (χ2v) is 11.5. The van der Waals surface area contributed by atoms with Gasteiger partial charge in [-0.25, -0.2) is 0 Å². The molecule has 0 aromatic heterocycles. The molecule has 0 saturated heterocycles. The average molecular weight is 651 g/mol. The van der Waals surface area contributed by atoms with E-state index in [9.17, 15) is 29.7 Å². The molecule has 0 saturated carbocycles. The summed E-state index contributed by atoms with van der Waals surface area (Å²) in [7, 11) is 0. The van der Waals surface area contributed by atoms with Gasteiger partial charge in [-0.2, -0.15) is 0 Å². The summed E-state index contributed by atoms with van der Waals surface area (Å²) in [5, 5.41) is 33.6. The van der Waals surface area contributed by atoms with Gasteiger partial charge in [0.05, 0.1) is 18.8 Å². The van der Waals surface area contributed by atoms with Gasteiger partial charge in [0.25, 0.3) is 11.8 Å². The minimum absolute atomic E-state index is 0.0431. The van der Waals surface area contributed by atoms with Crippen LogP contribution < -0.4 is 10.2 Å². The Bertz CT molecular complexity index is 1490. The lowest BCUT2D eigenvalue weighted by molar-refractivity contribution is -0.139. The van der Waals surface area contributed by atoms with Gasteiger partial charge >= 0.3 is 0 Å². The number of aliphatic hydroxyl groups excluding tert-OH is 2. The molecule has 4 N–H and O–H groups in total. The Hall–Kier alpha value is -3.83. The van der Waals surface area contributed by atoms with E-state index in [2.05, 4.69) is 21.2 Å². The predicted octanol–water partition coefficient (Wildman–Crippen LogP) is 4.11. The summed E-state index contributed by atoms with van der Waals surface area (Å²) in [6, 6.07) is 21.8. The highest BCUT2D eigenvalue weighted by Crippen LogP contribution is 2.46. The first-order chi connectivity index (χ1) is 20.5. The van der Waals surface area contributed by atoms with Gasteiger partial charge in [-0.1, -0.05) is 77.5 Å². The van der Waals surface area contributed by atoms with E-state index >= 15 is 0 Å². The van der Waals surface area contributed by atoms with Crippen molar-refractivity contribution in [3.8, 4) is 0 Å². The van der Waals surface area contributed by atoms with Crippen molar-refractivity contribution in [1.29, 1.82) is 0 Å². The smallest absolute Gasteiger partial charge is 0.264 e. The summed E-state index contributed by atoms with van der Waals surface area (Å²) in [5.74, 6) is -1.91. The van der Waals surface area contributed by atoms with Crippen LogP contribution in [0.5, 0.6) is 0 Å². The first-order valence-electron chi connectivity index (χ1n) is 14.1. The number of anilines is 2. The molecule has 0 spiro atoms. The van der Waals surface area contributed by atoms with Crippen LogP contribution in [0.2, 0.25) is 0 Å². The summed E-state index contributed by atoms with van der Waals surface area (Å²) in [6.07, 6.45) is 2.20. The molecule has 4 rings (SSSR count). The van der Waals surface area contributed by atoms with Crippen LogP contribution in [-0.2, 0) is 33.1 Å². The lowest BCUT2D eigenvalue weighted by Crippen LogP contribution is -2.44. The molecule has 0 aliphatic carbocycles. The van der Waals surface area contributed by atoms with E-state index in [0.717, 1.165) is 5.56 Å². The maximum absolute atomic E-state index is 13.9. The number of halogens is 1. The van der Waals surface area contributed by atoms with Crippen molar-refractivity contribution in [3.63, 3.8) is 0 Å². The van der Waals surface area contributed by atoms with Crippen molar-refractivity contribution in [1.82, 2.24) is 4.90 Å². The first kappa shape index (κ1) is 32.1. The molecule has 1 heterocycles. The number of benzene rings is 3. The molecule has 1 aliphatic rings. The lowest BCUT2D eigenvalue weighted by atomic mass is 9.83. The molecule has 1 aliphatic heterocycles. The third kappa shape index (κ3) is 7.40. The summed E-state index contributed by atoms with van der Waals surface area (Å²) in [4.78, 5) is 41.9. The second-order valence-electron chi connectivity index (χ2n) is 10.6. The number of fused-ring (bicyclic) bond motifs is 1.